The molecule has 0 aliphatic carbocycles. The summed E-state index contributed by atoms with van der Waals surface area (Å²) in [6.07, 6.45) is 3.65. The Kier molecular flexibility index (Phi) is 7.12. The van der Waals surface area contributed by atoms with Crippen LogP contribution in [-0.2, 0) is 9.53 Å². The fourth-order valence-corrected chi connectivity index (χ4v) is 1.80. The molecule has 5 nitrogen and oxygen atoms in total. The highest BCUT2D eigenvalue weighted by atomic mass is 16.5. The largest absolute Gasteiger partial charge is 0.394 e. The second-order valence-corrected chi connectivity index (χ2v) is 4.04. The average molecular weight is 230 g/mol. The molecule has 1 amide bonds. The first-order valence-electron chi connectivity index (χ1n) is 6.01. The topological polar surface area (TPSA) is 70.6 Å². The third-order valence-electron chi connectivity index (χ3n) is 2.62. The van der Waals surface area contributed by atoms with Crippen LogP contribution in [0.1, 0.15) is 25.7 Å². The predicted molar refractivity (Wildman–Crippen MR) is 61.2 cm³/mol. The van der Waals surface area contributed by atoms with Crippen LogP contribution in [0.2, 0.25) is 0 Å². The quantitative estimate of drug-likeness (QED) is 0.498. The lowest BCUT2D eigenvalue weighted by atomic mass is 10.1. The van der Waals surface area contributed by atoms with Crippen LogP contribution in [-0.4, -0.2) is 50.0 Å². The van der Waals surface area contributed by atoms with Crippen molar-refractivity contribution >= 4 is 5.91 Å². The summed E-state index contributed by atoms with van der Waals surface area (Å²) in [6, 6.07) is 0.366. The molecule has 94 valence electrons. The van der Waals surface area contributed by atoms with E-state index >= 15 is 0 Å². The van der Waals surface area contributed by atoms with Gasteiger partial charge in [0.25, 0.3) is 0 Å². The molecule has 0 aromatic heterocycles. The Morgan fingerprint density at radius 1 is 1.50 bits per heavy atom. The molecule has 1 saturated heterocycles. The molecule has 0 aromatic rings. The number of rotatable bonds is 8. The van der Waals surface area contributed by atoms with E-state index in [-0.39, 0.29) is 12.5 Å². The third-order valence-corrected chi connectivity index (χ3v) is 2.62. The van der Waals surface area contributed by atoms with Crippen LogP contribution in [0.15, 0.2) is 0 Å². The van der Waals surface area contributed by atoms with Crippen molar-refractivity contribution in [2.24, 2.45) is 0 Å². The fourth-order valence-electron chi connectivity index (χ4n) is 1.80. The van der Waals surface area contributed by atoms with Gasteiger partial charge in [-0.3, -0.25) is 4.79 Å². The maximum Gasteiger partial charge on any atom is 0.221 e. The van der Waals surface area contributed by atoms with Crippen LogP contribution in [0, 0.1) is 0 Å². The molecule has 1 fully saturated rings. The van der Waals surface area contributed by atoms with Crippen molar-refractivity contribution < 1.29 is 14.6 Å². The lowest BCUT2D eigenvalue weighted by molar-refractivity contribution is -0.121. The monoisotopic (exact) mass is 230 g/mol. The summed E-state index contributed by atoms with van der Waals surface area (Å²) in [5.41, 5.74) is 0. The molecular formula is C11H22N2O3. The van der Waals surface area contributed by atoms with Crippen molar-refractivity contribution in [3.05, 3.63) is 0 Å². The van der Waals surface area contributed by atoms with Gasteiger partial charge in [0, 0.05) is 25.6 Å². The van der Waals surface area contributed by atoms with Crippen molar-refractivity contribution in [2.75, 3.05) is 32.9 Å². The third kappa shape index (κ3) is 6.05. The molecule has 1 aliphatic rings. The molecular weight excluding hydrogens is 208 g/mol. The Morgan fingerprint density at radius 3 is 3.06 bits per heavy atom. The fraction of sp³-hybridized carbons (Fsp3) is 0.909. The summed E-state index contributed by atoms with van der Waals surface area (Å²) in [5, 5.41) is 14.6. The van der Waals surface area contributed by atoms with Crippen molar-refractivity contribution in [1.82, 2.24) is 10.6 Å². The van der Waals surface area contributed by atoms with Crippen LogP contribution < -0.4 is 10.6 Å². The maximum atomic E-state index is 11.5. The van der Waals surface area contributed by atoms with Gasteiger partial charge in [-0.2, -0.15) is 0 Å². The van der Waals surface area contributed by atoms with Gasteiger partial charge in [0.1, 0.15) is 0 Å². The van der Waals surface area contributed by atoms with E-state index in [1.807, 2.05) is 0 Å². The Balaban J connectivity index is 1.89. The molecule has 5 heteroatoms. The number of ether oxygens (including phenoxy) is 1. The van der Waals surface area contributed by atoms with Crippen molar-refractivity contribution in [2.45, 2.75) is 31.7 Å². The second-order valence-electron chi connectivity index (χ2n) is 4.04. The van der Waals surface area contributed by atoms with Gasteiger partial charge in [-0.05, 0) is 25.8 Å². The molecule has 0 aromatic carbocycles. The number of hydrogen-bond acceptors (Lipinski definition) is 4. The van der Waals surface area contributed by atoms with Crippen LogP contribution in [0.25, 0.3) is 0 Å². The first kappa shape index (κ1) is 13.4. The molecule has 3 N–H and O–H groups in total. The van der Waals surface area contributed by atoms with Gasteiger partial charge in [0.15, 0.2) is 0 Å². The smallest absolute Gasteiger partial charge is 0.221 e. The minimum atomic E-state index is 0.0553. The summed E-state index contributed by atoms with van der Waals surface area (Å²) in [5.74, 6) is 0.113. The molecule has 1 rings (SSSR count). The average Bonchev–Trinajstić information content (AvgIpc) is 2.76. The van der Waals surface area contributed by atoms with Gasteiger partial charge < -0.3 is 20.5 Å². The minimum absolute atomic E-state index is 0.0553. The summed E-state index contributed by atoms with van der Waals surface area (Å²) >= 11 is 0. The molecule has 1 aliphatic heterocycles. The van der Waals surface area contributed by atoms with E-state index in [0.29, 0.717) is 32.2 Å². The minimum Gasteiger partial charge on any atom is -0.394 e. The Labute approximate surface area is 96.6 Å². The summed E-state index contributed by atoms with van der Waals surface area (Å²) in [4.78, 5) is 11.5. The van der Waals surface area contributed by atoms with Gasteiger partial charge in [0.05, 0.1) is 13.2 Å². The number of carbonyl (C=O) groups excluding carboxylic acids is 1. The SMILES string of the molecule is O=C(CC1CCCN1)NCCCOCCO. The van der Waals surface area contributed by atoms with Gasteiger partial charge in [0.2, 0.25) is 5.91 Å². The highest BCUT2D eigenvalue weighted by Gasteiger charge is 2.16. The maximum absolute atomic E-state index is 11.5. The van der Waals surface area contributed by atoms with E-state index in [2.05, 4.69) is 10.6 Å². The lowest BCUT2D eigenvalue weighted by Gasteiger charge is -2.10. The zero-order valence-electron chi connectivity index (χ0n) is 9.71. The van der Waals surface area contributed by atoms with E-state index in [1.54, 1.807) is 0 Å². The highest BCUT2D eigenvalue weighted by Crippen LogP contribution is 2.07. The number of aliphatic hydroxyl groups excluding tert-OH is 1. The molecule has 16 heavy (non-hydrogen) atoms. The van der Waals surface area contributed by atoms with Crippen LogP contribution in [0.4, 0.5) is 0 Å². The molecule has 0 spiro atoms. The van der Waals surface area contributed by atoms with E-state index in [1.165, 1.54) is 6.42 Å². The highest BCUT2D eigenvalue weighted by molar-refractivity contribution is 5.76. The first-order valence-corrected chi connectivity index (χ1v) is 6.01. The summed E-state index contributed by atoms with van der Waals surface area (Å²) in [6.45, 7) is 2.70. The predicted octanol–water partition coefficient (Wildman–Crippen LogP) is -0.356. The van der Waals surface area contributed by atoms with Crippen molar-refractivity contribution in [3.63, 3.8) is 0 Å². The van der Waals surface area contributed by atoms with E-state index in [0.717, 1.165) is 19.4 Å². The normalized spacial score (nSPS) is 19.9. The Morgan fingerprint density at radius 2 is 2.38 bits per heavy atom. The van der Waals surface area contributed by atoms with Gasteiger partial charge >= 0.3 is 0 Å². The van der Waals surface area contributed by atoms with E-state index in [4.69, 9.17) is 9.84 Å². The molecule has 1 atom stereocenters. The molecule has 0 bridgehead atoms. The summed E-state index contributed by atoms with van der Waals surface area (Å²) < 4.78 is 5.08. The van der Waals surface area contributed by atoms with Crippen LogP contribution >= 0.6 is 0 Å². The van der Waals surface area contributed by atoms with Crippen LogP contribution in [0.5, 0.6) is 0 Å². The van der Waals surface area contributed by atoms with Crippen molar-refractivity contribution in [3.8, 4) is 0 Å². The number of hydrogen-bond donors (Lipinski definition) is 3. The molecule has 1 heterocycles. The summed E-state index contributed by atoms with van der Waals surface area (Å²) in [7, 11) is 0. The Bertz CT molecular complexity index is 194. The van der Waals surface area contributed by atoms with Crippen molar-refractivity contribution in [1.29, 1.82) is 0 Å². The first-order chi connectivity index (χ1) is 7.83. The van der Waals surface area contributed by atoms with E-state index < -0.39 is 0 Å². The zero-order chi connectivity index (χ0) is 11.6. The number of amides is 1. The number of aliphatic hydroxyl groups is 1. The molecule has 1 unspecified atom stereocenters. The standard InChI is InChI=1S/C11H22N2O3/c14-6-8-16-7-2-5-13-11(15)9-10-3-1-4-12-10/h10,12,14H,1-9H2,(H,13,15). The molecule has 0 saturated carbocycles. The Hall–Kier alpha value is -0.650. The number of nitrogens with one attached hydrogen (secondary N) is 2. The second kappa shape index (κ2) is 8.50. The van der Waals surface area contributed by atoms with E-state index in [9.17, 15) is 4.79 Å². The van der Waals surface area contributed by atoms with Crippen LogP contribution in [0.3, 0.4) is 0 Å². The molecule has 0 radical (unpaired) electrons. The lowest BCUT2D eigenvalue weighted by Crippen LogP contribution is -2.32. The zero-order valence-corrected chi connectivity index (χ0v) is 9.71. The van der Waals surface area contributed by atoms with Gasteiger partial charge in [-0.1, -0.05) is 0 Å². The van der Waals surface area contributed by atoms with Gasteiger partial charge in [-0.25, -0.2) is 0 Å². The van der Waals surface area contributed by atoms with Gasteiger partial charge in [-0.15, -0.1) is 0 Å². The number of carbonyl (C=O) groups is 1.